The van der Waals surface area contributed by atoms with Crippen LogP contribution >= 0.6 is 11.8 Å². The standard InChI is InChI=1S/C14H21FN2S/c1-14(2)10-17(7-8-18-14)13(9-16)11-5-3-4-6-12(11)15/h3-6,13H,7-10,16H2,1-2H3. The molecule has 1 fully saturated rings. The maximum absolute atomic E-state index is 13.9. The summed E-state index contributed by atoms with van der Waals surface area (Å²) < 4.78 is 14.1. The molecule has 0 aliphatic carbocycles. The van der Waals surface area contributed by atoms with Crippen molar-refractivity contribution in [3.05, 3.63) is 35.6 Å². The highest BCUT2D eigenvalue weighted by Gasteiger charge is 2.31. The third-order valence-electron chi connectivity index (χ3n) is 3.38. The molecule has 1 atom stereocenters. The molecular weight excluding hydrogens is 247 g/mol. The summed E-state index contributed by atoms with van der Waals surface area (Å²) >= 11 is 1.98. The fourth-order valence-corrected chi connectivity index (χ4v) is 3.67. The zero-order chi connectivity index (χ0) is 13.2. The minimum Gasteiger partial charge on any atom is -0.329 e. The Hall–Kier alpha value is -0.580. The van der Waals surface area contributed by atoms with Crippen molar-refractivity contribution in [2.75, 3.05) is 25.4 Å². The summed E-state index contributed by atoms with van der Waals surface area (Å²) in [6.07, 6.45) is 0. The summed E-state index contributed by atoms with van der Waals surface area (Å²) in [5.41, 5.74) is 6.60. The van der Waals surface area contributed by atoms with Gasteiger partial charge >= 0.3 is 0 Å². The normalized spacial score (nSPS) is 21.8. The van der Waals surface area contributed by atoms with Gasteiger partial charge in [-0.2, -0.15) is 11.8 Å². The average Bonchev–Trinajstić information content (AvgIpc) is 2.31. The fraction of sp³-hybridized carbons (Fsp3) is 0.571. The van der Waals surface area contributed by atoms with Crippen LogP contribution < -0.4 is 5.73 Å². The predicted octanol–water partition coefficient (Wildman–Crippen LogP) is 2.65. The first-order valence-corrected chi connectivity index (χ1v) is 7.34. The van der Waals surface area contributed by atoms with Crippen molar-refractivity contribution in [1.82, 2.24) is 4.90 Å². The van der Waals surface area contributed by atoms with Gasteiger partial charge in [0.25, 0.3) is 0 Å². The number of halogens is 1. The van der Waals surface area contributed by atoms with E-state index in [4.69, 9.17) is 5.73 Å². The van der Waals surface area contributed by atoms with E-state index < -0.39 is 0 Å². The van der Waals surface area contributed by atoms with Crippen molar-refractivity contribution in [3.63, 3.8) is 0 Å². The minimum atomic E-state index is -0.149. The smallest absolute Gasteiger partial charge is 0.128 e. The van der Waals surface area contributed by atoms with Crippen LogP contribution in [0.3, 0.4) is 0 Å². The van der Waals surface area contributed by atoms with Crippen molar-refractivity contribution < 1.29 is 4.39 Å². The molecular formula is C14H21FN2S. The Morgan fingerprint density at radius 1 is 1.44 bits per heavy atom. The minimum absolute atomic E-state index is 0.00799. The van der Waals surface area contributed by atoms with Crippen molar-refractivity contribution >= 4 is 11.8 Å². The van der Waals surface area contributed by atoms with Crippen molar-refractivity contribution in [2.24, 2.45) is 5.73 Å². The number of rotatable bonds is 3. The summed E-state index contributed by atoms with van der Waals surface area (Å²) in [5.74, 6) is 0.932. The first-order chi connectivity index (χ1) is 8.53. The molecule has 0 radical (unpaired) electrons. The van der Waals surface area contributed by atoms with Crippen LogP contribution in [0, 0.1) is 5.82 Å². The van der Waals surface area contributed by atoms with Crippen molar-refractivity contribution in [3.8, 4) is 0 Å². The second-order valence-electron chi connectivity index (χ2n) is 5.35. The molecule has 0 spiro atoms. The SMILES string of the molecule is CC1(C)CN(C(CN)c2ccccc2F)CCS1. The van der Waals surface area contributed by atoms with Crippen LogP contribution in [0.2, 0.25) is 0 Å². The lowest BCUT2D eigenvalue weighted by Crippen LogP contribution is -2.46. The quantitative estimate of drug-likeness (QED) is 0.914. The molecule has 0 aromatic heterocycles. The maximum atomic E-state index is 13.9. The largest absolute Gasteiger partial charge is 0.329 e. The lowest BCUT2D eigenvalue weighted by atomic mass is 10.0. The molecule has 0 bridgehead atoms. The second kappa shape index (κ2) is 5.59. The van der Waals surface area contributed by atoms with Crippen molar-refractivity contribution in [1.29, 1.82) is 0 Å². The van der Waals surface area contributed by atoms with Gasteiger partial charge in [0.15, 0.2) is 0 Å². The van der Waals surface area contributed by atoms with Crippen LogP contribution in [0.5, 0.6) is 0 Å². The third kappa shape index (κ3) is 3.05. The van der Waals surface area contributed by atoms with E-state index in [1.165, 1.54) is 6.07 Å². The Morgan fingerprint density at radius 2 is 2.17 bits per heavy atom. The molecule has 1 aromatic carbocycles. The summed E-state index contributed by atoms with van der Waals surface area (Å²) in [6.45, 7) is 6.86. The zero-order valence-electron chi connectivity index (χ0n) is 11.0. The fourth-order valence-electron chi connectivity index (χ4n) is 2.54. The first kappa shape index (κ1) is 13.8. The number of hydrogen-bond acceptors (Lipinski definition) is 3. The Labute approximate surface area is 113 Å². The Balaban J connectivity index is 2.21. The Kier molecular flexibility index (Phi) is 4.30. The Morgan fingerprint density at radius 3 is 2.78 bits per heavy atom. The maximum Gasteiger partial charge on any atom is 0.128 e. The molecule has 1 saturated heterocycles. The molecule has 1 unspecified atom stereocenters. The molecule has 1 heterocycles. The van der Waals surface area contributed by atoms with Gasteiger partial charge < -0.3 is 5.73 Å². The van der Waals surface area contributed by atoms with Gasteiger partial charge in [-0.3, -0.25) is 4.90 Å². The van der Waals surface area contributed by atoms with E-state index in [0.717, 1.165) is 24.4 Å². The highest BCUT2D eigenvalue weighted by atomic mass is 32.2. The van der Waals surface area contributed by atoms with Gasteiger partial charge in [0.05, 0.1) is 0 Å². The lowest BCUT2D eigenvalue weighted by molar-refractivity contribution is 0.189. The zero-order valence-corrected chi connectivity index (χ0v) is 11.8. The third-order valence-corrected chi connectivity index (χ3v) is 4.68. The van der Waals surface area contributed by atoms with Crippen molar-refractivity contribution in [2.45, 2.75) is 24.6 Å². The summed E-state index contributed by atoms with van der Waals surface area (Å²) in [5, 5.41) is 0. The van der Waals surface area contributed by atoms with Gasteiger partial charge in [0.1, 0.15) is 5.82 Å². The predicted molar refractivity (Wildman–Crippen MR) is 76.3 cm³/mol. The van der Waals surface area contributed by atoms with Crippen LogP contribution in [0.25, 0.3) is 0 Å². The highest BCUT2D eigenvalue weighted by molar-refractivity contribution is 8.00. The molecule has 18 heavy (non-hydrogen) atoms. The van der Waals surface area contributed by atoms with Gasteiger partial charge in [-0.15, -0.1) is 0 Å². The lowest BCUT2D eigenvalue weighted by Gasteiger charge is -2.41. The van der Waals surface area contributed by atoms with Crippen LogP contribution in [0.15, 0.2) is 24.3 Å². The first-order valence-electron chi connectivity index (χ1n) is 6.36. The van der Waals surface area contributed by atoms with Crippen LogP contribution in [-0.2, 0) is 0 Å². The number of thioether (sulfide) groups is 1. The molecule has 2 N–H and O–H groups in total. The molecule has 100 valence electrons. The molecule has 1 aromatic rings. The average molecular weight is 268 g/mol. The molecule has 4 heteroatoms. The van der Waals surface area contributed by atoms with E-state index in [9.17, 15) is 4.39 Å². The highest BCUT2D eigenvalue weighted by Crippen LogP contribution is 2.34. The van der Waals surface area contributed by atoms with Gasteiger partial charge in [-0.1, -0.05) is 18.2 Å². The topological polar surface area (TPSA) is 29.3 Å². The van der Waals surface area contributed by atoms with Crippen LogP contribution in [0.4, 0.5) is 4.39 Å². The van der Waals surface area contributed by atoms with Gasteiger partial charge in [-0.25, -0.2) is 4.39 Å². The number of benzene rings is 1. The van der Waals surface area contributed by atoms with Crippen LogP contribution in [0.1, 0.15) is 25.5 Å². The summed E-state index contributed by atoms with van der Waals surface area (Å²) in [7, 11) is 0. The summed E-state index contributed by atoms with van der Waals surface area (Å²) in [4.78, 5) is 2.31. The molecule has 2 nitrogen and oxygen atoms in total. The van der Waals surface area contributed by atoms with Gasteiger partial charge in [0.2, 0.25) is 0 Å². The van der Waals surface area contributed by atoms with E-state index in [1.54, 1.807) is 6.07 Å². The molecule has 0 amide bonds. The number of nitrogens with zero attached hydrogens (tertiary/aromatic N) is 1. The monoisotopic (exact) mass is 268 g/mol. The second-order valence-corrected chi connectivity index (χ2v) is 7.15. The van der Waals surface area contributed by atoms with Gasteiger partial charge in [-0.05, 0) is 19.9 Å². The molecule has 2 rings (SSSR count). The molecule has 1 aliphatic rings. The van der Waals surface area contributed by atoms with E-state index in [2.05, 4.69) is 18.7 Å². The number of hydrogen-bond donors (Lipinski definition) is 1. The molecule has 1 aliphatic heterocycles. The summed E-state index contributed by atoms with van der Waals surface area (Å²) in [6, 6.07) is 6.96. The van der Waals surface area contributed by atoms with Crippen LogP contribution in [-0.4, -0.2) is 35.0 Å². The Bertz CT molecular complexity index is 409. The van der Waals surface area contributed by atoms with E-state index in [0.29, 0.717) is 6.54 Å². The van der Waals surface area contributed by atoms with E-state index in [-0.39, 0.29) is 16.6 Å². The van der Waals surface area contributed by atoms with E-state index >= 15 is 0 Å². The van der Waals surface area contributed by atoms with Gasteiger partial charge in [0, 0.05) is 41.7 Å². The van der Waals surface area contributed by atoms with E-state index in [1.807, 2.05) is 23.9 Å². The number of nitrogens with two attached hydrogens (primary N) is 1. The molecule has 0 saturated carbocycles.